The van der Waals surface area contributed by atoms with Crippen LogP contribution in [0.4, 0.5) is 0 Å². The van der Waals surface area contributed by atoms with E-state index in [0.717, 1.165) is 0 Å². The van der Waals surface area contributed by atoms with Gasteiger partial charge in [0, 0.05) is 0 Å². The second-order valence-corrected chi connectivity index (χ2v) is 4.02. The molecular formula is C10H13KO13. The van der Waals surface area contributed by atoms with E-state index in [-0.39, 0.29) is 51.4 Å². The molecule has 0 fully saturated rings. The van der Waals surface area contributed by atoms with Gasteiger partial charge in [-0.3, -0.25) is 9.59 Å². The van der Waals surface area contributed by atoms with Gasteiger partial charge >= 0.3 is 75.3 Å². The smallest absolute Gasteiger partial charge is 0.547 e. The number of carbonyl (C=O) groups excluding carboxylic acids is 1. The summed E-state index contributed by atoms with van der Waals surface area (Å²) in [5.41, 5.74) is -2.74. The zero-order chi connectivity index (χ0) is 19.0. The molecule has 0 aliphatic carbocycles. The number of hydrogen-bond acceptors (Lipinski definition) is 9. The maximum atomic E-state index is 10.3. The van der Waals surface area contributed by atoms with E-state index >= 15 is 0 Å². The number of carboxylic acid groups (broad SMARTS) is 5. The van der Waals surface area contributed by atoms with Crippen molar-refractivity contribution in [1.82, 2.24) is 0 Å². The Kier molecular flexibility index (Phi) is 14.2. The molecule has 0 spiro atoms. The van der Waals surface area contributed by atoms with E-state index in [0.29, 0.717) is 0 Å². The number of aliphatic hydroxyl groups excluding tert-OH is 2. The molecule has 132 valence electrons. The molecule has 0 aromatic carbocycles. The molecule has 0 aromatic heterocycles. The molecule has 0 heterocycles. The van der Waals surface area contributed by atoms with Crippen molar-refractivity contribution in [2.45, 2.75) is 30.7 Å². The predicted octanol–water partition coefficient (Wildman–Crippen LogP) is -7.70. The van der Waals surface area contributed by atoms with Crippen LogP contribution in [0.15, 0.2) is 0 Å². The second-order valence-electron chi connectivity index (χ2n) is 4.02. The first-order chi connectivity index (χ1) is 10.2. The molecule has 0 bridgehead atoms. The topological polar surface area (TPSA) is 250 Å². The molecule has 7 N–H and O–H groups in total. The van der Waals surface area contributed by atoms with Crippen molar-refractivity contribution in [2.75, 3.05) is 0 Å². The summed E-state index contributed by atoms with van der Waals surface area (Å²) in [6.45, 7) is 0. The third kappa shape index (κ3) is 11.4. The van der Waals surface area contributed by atoms with Gasteiger partial charge in [-0.25, -0.2) is 9.59 Å². The van der Waals surface area contributed by atoms with Crippen LogP contribution >= 0.6 is 0 Å². The quantitative estimate of drug-likeness (QED) is 0.193. The minimum absolute atomic E-state index is 0. The van der Waals surface area contributed by atoms with Crippen LogP contribution in [0.2, 0.25) is 0 Å². The number of rotatable bonds is 8. The summed E-state index contributed by atoms with van der Waals surface area (Å²) in [5, 5.41) is 67.9. The summed E-state index contributed by atoms with van der Waals surface area (Å²) < 4.78 is 0. The Balaban J connectivity index is -0.000000364. The third-order valence-electron chi connectivity index (χ3n) is 2.08. The van der Waals surface area contributed by atoms with Crippen molar-refractivity contribution in [2.24, 2.45) is 0 Å². The molecule has 0 saturated carbocycles. The molecule has 14 heteroatoms. The van der Waals surface area contributed by atoms with Crippen LogP contribution in [0.1, 0.15) is 12.8 Å². The number of aliphatic hydroxyl groups is 3. The Morgan fingerprint density at radius 3 is 1.29 bits per heavy atom. The molecule has 0 rings (SSSR count). The molecule has 2 unspecified atom stereocenters. The molecule has 0 radical (unpaired) electrons. The first-order valence-corrected chi connectivity index (χ1v) is 5.43. The Labute approximate surface area is 175 Å². The van der Waals surface area contributed by atoms with Gasteiger partial charge in [0.2, 0.25) is 0 Å². The number of carbonyl (C=O) groups is 5. The van der Waals surface area contributed by atoms with Crippen molar-refractivity contribution in [3.8, 4) is 0 Å². The van der Waals surface area contributed by atoms with Crippen LogP contribution in [-0.2, 0) is 24.0 Å². The van der Waals surface area contributed by atoms with Crippen molar-refractivity contribution in [3.05, 3.63) is 0 Å². The normalized spacial score (nSPS) is 12.5. The van der Waals surface area contributed by atoms with Gasteiger partial charge in [-0.05, 0) is 0 Å². The van der Waals surface area contributed by atoms with Gasteiger partial charge in [0.25, 0.3) is 0 Å². The first kappa shape index (κ1) is 27.7. The Bertz CT molecular complexity index is 453. The summed E-state index contributed by atoms with van der Waals surface area (Å²) in [6, 6.07) is 0. The van der Waals surface area contributed by atoms with E-state index in [1.165, 1.54) is 0 Å². The summed E-state index contributed by atoms with van der Waals surface area (Å²) in [5.74, 6) is -8.85. The average Bonchev–Trinajstić information content (AvgIpc) is 2.35. The van der Waals surface area contributed by atoms with Crippen LogP contribution in [0, 0.1) is 0 Å². The van der Waals surface area contributed by atoms with Crippen molar-refractivity contribution >= 4 is 29.8 Å². The third-order valence-corrected chi connectivity index (χ3v) is 2.08. The SMILES string of the molecule is O=C(O)CC(O)(CC(=O)O)C(=O)O.O=C([O-])C(O)C(O)C(=O)O.[K+]. The van der Waals surface area contributed by atoms with Crippen LogP contribution in [-0.4, -0.2) is 83.4 Å². The molecular weight excluding hydrogens is 367 g/mol. The van der Waals surface area contributed by atoms with Crippen LogP contribution < -0.4 is 56.5 Å². The van der Waals surface area contributed by atoms with E-state index in [9.17, 15) is 29.1 Å². The maximum absolute atomic E-state index is 10.3. The van der Waals surface area contributed by atoms with Crippen LogP contribution in [0.5, 0.6) is 0 Å². The Morgan fingerprint density at radius 2 is 1.17 bits per heavy atom. The number of carboxylic acids is 5. The minimum atomic E-state index is -2.74. The van der Waals surface area contributed by atoms with Crippen LogP contribution in [0.3, 0.4) is 0 Å². The first-order valence-electron chi connectivity index (χ1n) is 5.43. The number of hydrogen-bond donors (Lipinski definition) is 7. The molecule has 13 nitrogen and oxygen atoms in total. The molecule has 2 atom stereocenters. The Morgan fingerprint density at radius 1 is 0.833 bits per heavy atom. The zero-order valence-corrected chi connectivity index (χ0v) is 15.3. The van der Waals surface area contributed by atoms with Crippen molar-refractivity contribution in [3.63, 3.8) is 0 Å². The van der Waals surface area contributed by atoms with Gasteiger partial charge in [0.15, 0.2) is 11.7 Å². The second kappa shape index (κ2) is 12.3. The van der Waals surface area contributed by atoms with Gasteiger partial charge in [-0.1, -0.05) is 0 Å². The maximum Gasteiger partial charge on any atom is 1.00 e. The van der Waals surface area contributed by atoms with Gasteiger partial charge in [0.1, 0.15) is 6.10 Å². The molecule has 0 aliphatic heterocycles. The summed E-state index contributed by atoms with van der Waals surface area (Å²) in [6.07, 6.45) is -6.99. The molecule has 24 heavy (non-hydrogen) atoms. The van der Waals surface area contributed by atoms with Crippen LogP contribution in [0.25, 0.3) is 0 Å². The van der Waals surface area contributed by atoms with Gasteiger partial charge < -0.3 is 45.6 Å². The standard InChI is InChI=1S/C6H8O7.C4H6O6.K/c7-3(8)1-6(13,5(11)12)2-4(9)10;5-1(3(7)8)2(6)4(9)10;/h13H,1-2H2,(H,7,8)(H,9,10)(H,11,12);1-2,5-6H,(H,7,8)(H,9,10);/q;;+1/p-1. The summed E-state index contributed by atoms with van der Waals surface area (Å²) in [4.78, 5) is 49.9. The fourth-order valence-electron chi connectivity index (χ4n) is 0.978. The molecule has 0 saturated heterocycles. The molecule has 0 amide bonds. The molecule has 0 aliphatic rings. The average molecular weight is 380 g/mol. The van der Waals surface area contributed by atoms with Crippen molar-refractivity contribution in [1.29, 1.82) is 0 Å². The van der Waals surface area contributed by atoms with Gasteiger partial charge in [0.05, 0.1) is 18.8 Å². The van der Waals surface area contributed by atoms with Crippen molar-refractivity contribution < 1.29 is 116 Å². The molecule has 0 aromatic rings. The predicted molar refractivity (Wildman–Crippen MR) is 61.7 cm³/mol. The summed E-state index contributed by atoms with van der Waals surface area (Å²) in [7, 11) is 0. The Hall–Kier alpha value is -1.13. The van der Waals surface area contributed by atoms with E-state index in [1.807, 2.05) is 0 Å². The monoisotopic (exact) mass is 380 g/mol. The van der Waals surface area contributed by atoms with E-state index in [1.54, 1.807) is 0 Å². The van der Waals surface area contributed by atoms with Gasteiger partial charge in [-0.15, -0.1) is 0 Å². The largest absolute Gasteiger partial charge is 1.00 e. The van der Waals surface area contributed by atoms with E-state index < -0.39 is 60.5 Å². The fraction of sp³-hybridized carbons (Fsp3) is 0.500. The summed E-state index contributed by atoms with van der Waals surface area (Å²) >= 11 is 0. The fourth-order valence-corrected chi connectivity index (χ4v) is 0.978. The minimum Gasteiger partial charge on any atom is -0.547 e. The van der Waals surface area contributed by atoms with E-state index in [2.05, 4.69) is 0 Å². The zero-order valence-electron chi connectivity index (χ0n) is 12.1. The van der Waals surface area contributed by atoms with E-state index in [4.69, 9.17) is 35.7 Å². The van der Waals surface area contributed by atoms with Gasteiger partial charge in [-0.2, -0.15) is 0 Å². The number of aliphatic carboxylic acids is 5.